The third-order valence-electron chi connectivity index (χ3n) is 4.12. The van der Waals surface area contributed by atoms with Crippen LogP contribution in [0.25, 0.3) is 0 Å². The second-order valence-electron chi connectivity index (χ2n) is 5.85. The maximum Gasteiger partial charge on any atom is 0.250 e. The van der Waals surface area contributed by atoms with Crippen LogP contribution in [0.1, 0.15) is 24.0 Å². The molecule has 0 saturated carbocycles. The third-order valence-corrected chi connectivity index (χ3v) is 4.12. The van der Waals surface area contributed by atoms with Crippen LogP contribution in [0.2, 0.25) is 0 Å². The Morgan fingerprint density at radius 1 is 1.17 bits per heavy atom. The molecule has 2 aromatic rings. The van der Waals surface area contributed by atoms with E-state index in [1.165, 1.54) is 0 Å². The Hall–Kier alpha value is -2.11. The van der Waals surface area contributed by atoms with Crippen LogP contribution in [0.4, 0.5) is 0 Å². The molecule has 1 atom stereocenters. The van der Waals surface area contributed by atoms with Gasteiger partial charge in [0.15, 0.2) is 0 Å². The van der Waals surface area contributed by atoms with E-state index in [-0.39, 0.29) is 29.9 Å². The first-order valence-electron chi connectivity index (χ1n) is 7.97. The van der Waals surface area contributed by atoms with E-state index in [1.54, 1.807) is 22.9 Å². The molecule has 6 heteroatoms. The molecule has 1 amide bonds. The van der Waals surface area contributed by atoms with Gasteiger partial charge in [0.25, 0.3) is 5.56 Å². The van der Waals surface area contributed by atoms with Gasteiger partial charge in [-0.15, -0.1) is 12.4 Å². The highest BCUT2D eigenvalue weighted by Crippen LogP contribution is 2.07. The van der Waals surface area contributed by atoms with Crippen molar-refractivity contribution in [3.8, 4) is 0 Å². The number of pyridine rings is 1. The summed E-state index contributed by atoms with van der Waals surface area (Å²) in [5, 5.41) is 6.15. The summed E-state index contributed by atoms with van der Waals surface area (Å²) < 4.78 is 1.67. The third kappa shape index (κ3) is 4.69. The number of hydrogen-bond acceptors (Lipinski definition) is 3. The number of nitrogens with one attached hydrogen (secondary N) is 2. The normalized spacial score (nSPS) is 16.4. The fraction of sp³-hybridized carbons (Fsp3) is 0.333. The minimum Gasteiger partial charge on any atom is -0.351 e. The molecule has 24 heavy (non-hydrogen) atoms. The standard InChI is InChI=1S/C18H21N3O2.ClH/c22-17-5-1-2-11-21(17)13-15-8-6-14(7-9-15)12-20-18(23)16-4-3-10-19-16;/h1-2,5-9,11,16,19H,3-4,10,12-13H2,(H,20,23);1H. The van der Waals surface area contributed by atoms with E-state index in [1.807, 2.05) is 30.3 Å². The van der Waals surface area contributed by atoms with Gasteiger partial charge in [0.1, 0.15) is 0 Å². The number of nitrogens with zero attached hydrogens (tertiary/aromatic N) is 1. The zero-order valence-corrected chi connectivity index (χ0v) is 14.2. The highest BCUT2D eigenvalue weighted by Gasteiger charge is 2.21. The highest BCUT2D eigenvalue weighted by molar-refractivity contribution is 5.85. The molecule has 1 aliphatic rings. The van der Waals surface area contributed by atoms with Gasteiger partial charge in [-0.3, -0.25) is 9.59 Å². The van der Waals surface area contributed by atoms with Gasteiger partial charge in [0.05, 0.1) is 12.6 Å². The molecule has 2 N–H and O–H groups in total. The summed E-state index contributed by atoms with van der Waals surface area (Å²) in [6.07, 6.45) is 3.76. The van der Waals surface area contributed by atoms with E-state index in [9.17, 15) is 9.59 Å². The average molecular weight is 348 g/mol. The summed E-state index contributed by atoms with van der Waals surface area (Å²) in [5.41, 5.74) is 2.11. The molecule has 1 fully saturated rings. The minimum absolute atomic E-state index is 0. The molecule has 2 heterocycles. The molecule has 0 radical (unpaired) electrons. The Bertz CT molecular complexity index is 722. The van der Waals surface area contributed by atoms with Crippen LogP contribution >= 0.6 is 12.4 Å². The fourth-order valence-electron chi connectivity index (χ4n) is 2.77. The summed E-state index contributed by atoms with van der Waals surface area (Å²) in [7, 11) is 0. The Labute approximate surface area is 147 Å². The van der Waals surface area contributed by atoms with Crippen LogP contribution < -0.4 is 16.2 Å². The highest BCUT2D eigenvalue weighted by atomic mass is 35.5. The van der Waals surface area contributed by atoms with Crippen molar-refractivity contribution in [2.75, 3.05) is 6.54 Å². The zero-order chi connectivity index (χ0) is 16.1. The van der Waals surface area contributed by atoms with Crippen LogP contribution in [0.3, 0.4) is 0 Å². The summed E-state index contributed by atoms with van der Waals surface area (Å²) in [4.78, 5) is 23.7. The maximum atomic E-state index is 12.0. The van der Waals surface area contributed by atoms with Gasteiger partial charge in [-0.1, -0.05) is 30.3 Å². The molecule has 1 saturated heterocycles. The second kappa shape index (κ2) is 8.66. The van der Waals surface area contributed by atoms with E-state index in [2.05, 4.69) is 10.6 Å². The van der Waals surface area contributed by atoms with Gasteiger partial charge in [-0.05, 0) is 36.6 Å². The number of carbonyl (C=O) groups is 1. The molecule has 3 rings (SSSR count). The topological polar surface area (TPSA) is 63.1 Å². The lowest BCUT2D eigenvalue weighted by Crippen LogP contribution is -2.39. The molecule has 1 aromatic heterocycles. The molecule has 0 spiro atoms. The smallest absolute Gasteiger partial charge is 0.250 e. The van der Waals surface area contributed by atoms with Crippen LogP contribution in [-0.4, -0.2) is 23.1 Å². The largest absolute Gasteiger partial charge is 0.351 e. The first-order valence-corrected chi connectivity index (χ1v) is 7.97. The van der Waals surface area contributed by atoms with Crippen molar-refractivity contribution < 1.29 is 4.79 Å². The van der Waals surface area contributed by atoms with Crippen molar-refractivity contribution in [1.82, 2.24) is 15.2 Å². The van der Waals surface area contributed by atoms with Crippen molar-refractivity contribution in [2.24, 2.45) is 0 Å². The van der Waals surface area contributed by atoms with E-state index >= 15 is 0 Å². The lowest BCUT2D eigenvalue weighted by molar-refractivity contribution is -0.122. The minimum atomic E-state index is -0.0424. The van der Waals surface area contributed by atoms with Gasteiger partial charge in [-0.25, -0.2) is 0 Å². The van der Waals surface area contributed by atoms with Crippen LogP contribution in [0, 0.1) is 0 Å². The van der Waals surface area contributed by atoms with E-state index in [4.69, 9.17) is 0 Å². The maximum absolute atomic E-state index is 12.0. The van der Waals surface area contributed by atoms with E-state index in [0.29, 0.717) is 13.1 Å². The summed E-state index contributed by atoms with van der Waals surface area (Å²) in [6, 6.07) is 13.1. The van der Waals surface area contributed by atoms with Crippen LogP contribution in [-0.2, 0) is 17.9 Å². The molecular weight excluding hydrogens is 326 g/mol. The lowest BCUT2D eigenvalue weighted by atomic mass is 10.1. The fourth-order valence-corrected chi connectivity index (χ4v) is 2.77. The number of hydrogen-bond donors (Lipinski definition) is 2. The second-order valence-corrected chi connectivity index (χ2v) is 5.85. The molecular formula is C18H22ClN3O2. The van der Waals surface area contributed by atoms with Gasteiger partial charge in [-0.2, -0.15) is 0 Å². The monoisotopic (exact) mass is 347 g/mol. The first kappa shape index (κ1) is 18.2. The Kier molecular flexibility index (Phi) is 6.58. The summed E-state index contributed by atoms with van der Waals surface area (Å²) in [6.45, 7) is 2.01. The SMILES string of the molecule is Cl.O=C(NCc1ccc(Cn2ccccc2=O)cc1)C1CCCN1. The number of halogens is 1. The number of rotatable bonds is 5. The Morgan fingerprint density at radius 2 is 1.92 bits per heavy atom. The molecule has 0 bridgehead atoms. The molecule has 1 aliphatic heterocycles. The Morgan fingerprint density at radius 3 is 2.58 bits per heavy atom. The van der Waals surface area contributed by atoms with Gasteiger partial charge < -0.3 is 15.2 Å². The zero-order valence-electron chi connectivity index (χ0n) is 13.4. The molecule has 1 aromatic carbocycles. The van der Waals surface area contributed by atoms with Crippen molar-refractivity contribution >= 4 is 18.3 Å². The average Bonchev–Trinajstić information content (AvgIpc) is 3.11. The summed E-state index contributed by atoms with van der Waals surface area (Å²) in [5.74, 6) is 0.0717. The molecule has 0 aliphatic carbocycles. The molecule has 5 nitrogen and oxygen atoms in total. The van der Waals surface area contributed by atoms with Crippen LogP contribution in [0.5, 0.6) is 0 Å². The number of benzene rings is 1. The van der Waals surface area contributed by atoms with E-state index in [0.717, 1.165) is 30.5 Å². The lowest BCUT2D eigenvalue weighted by Gasteiger charge is -2.11. The van der Waals surface area contributed by atoms with Crippen molar-refractivity contribution in [3.05, 3.63) is 70.1 Å². The van der Waals surface area contributed by atoms with E-state index < -0.39 is 0 Å². The number of carbonyl (C=O) groups excluding carboxylic acids is 1. The van der Waals surface area contributed by atoms with Gasteiger partial charge in [0, 0.05) is 18.8 Å². The first-order chi connectivity index (χ1) is 11.2. The van der Waals surface area contributed by atoms with Gasteiger partial charge in [0.2, 0.25) is 5.91 Å². The summed E-state index contributed by atoms with van der Waals surface area (Å²) >= 11 is 0. The van der Waals surface area contributed by atoms with Crippen LogP contribution in [0.15, 0.2) is 53.5 Å². The molecule has 128 valence electrons. The Balaban J connectivity index is 0.00000208. The molecule has 1 unspecified atom stereocenters. The number of aromatic nitrogens is 1. The predicted molar refractivity (Wildman–Crippen MR) is 96.4 cm³/mol. The number of amides is 1. The van der Waals surface area contributed by atoms with Crippen molar-refractivity contribution in [1.29, 1.82) is 0 Å². The van der Waals surface area contributed by atoms with Crippen molar-refractivity contribution in [3.63, 3.8) is 0 Å². The van der Waals surface area contributed by atoms with Gasteiger partial charge >= 0.3 is 0 Å². The predicted octanol–water partition coefficient (Wildman–Crippen LogP) is 1.69. The van der Waals surface area contributed by atoms with Crippen molar-refractivity contribution in [2.45, 2.75) is 32.0 Å². The quantitative estimate of drug-likeness (QED) is 0.865.